The molecule has 0 bridgehead atoms. The topological polar surface area (TPSA) is 136 Å². The number of rotatable bonds is 5. The Bertz CT molecular complexity index is 883. The van der Waals surface area contributed by atoms with Crippen molar-refractivity contribution in [3.63, 3.8) is 0 Å². The normalized spacial score (nSPS) is 19.1. The average Bonchev–Trinajstić information content (AvgIpc) is 3.11. The Morgan fingerprint density at radius 3 is 2.78 bits per heavy atom. The largest absolute Gasteiger partial charge is 0.464 e. The molecule has 0 unspecified atom stereocenters. The van der Waals surface area contributed by atoms with Crippen LogP contribution >= 0.6 is 0 Å². The Hall–Kier alpha value is -3.41. The van der Waals surface area contributed by atoms with Gasteiger partial charge in [0, 0.05) is 6.20 Å². The number of pyridine rings is 1. The summed E-state index contributed by atoms with van der Waals surface area (Å²) < 4.78 is 6.27. The molecule has 0 radical (unpaired) electrons. The number of hydrogen-bond acceptors (Lipinski definition) is 7. The Kier molecular flexibility index (Phi) is 5.35. The van der Waals surface area contributed by atoms with E-state index in [1.54, 1.807) is 16.9 Å². The lowest BCUT2D eigenvalue weighted by molar-refractivity contribution is 0.0594. The van der Waals surface area contributed by atoms with Gasteiger partial charge in [0.25, 0.3) is 5.91 Å². The molecular weight excluding hydrogens is 348 g/mol. The van der Waals surface area contributed by atoms with Gasteiger partial charge in [0.05, 0.1) is 37.0 Å². The maximum absolute atomic E-state index is 11.8. The number of ether oxygens (including phenoxy) is 1. The molecule has 9 nitrogen and oxygen atoms in total. The van der Waals surface area contributed by atoms with Crippen LogP contribution in [0, 0.1) is 17.2 Å². The fraction of sp³-hybridized carbons (Fsp3) is 0.389. The number of hydrogen-bond donors (Lipinski definition) is 2. The fourth-order valence-corrected chi connectivity index (χ4v) is 3.24. The van der Waals surface area contributed by atoms with Crippen molar-refractivity contribution in [3.8, 4) is 6.07 Å². The molecule has 0 aliphatic heterocycles. The Morgan fingerprint density at radius 2 is 2.15 bits per heavy atom. The van der Waals surface area contributed by atoms with Crippen LogP contribution in [0.2, 0.25) is 0 Å². The van der Waals surface area contributed by atoms with E-state index in [9.17, 15) is 14.9 Å². The molecule has 0 saturated heterocycles. The van der Waals surface area contributed by atoms with E-state index in [2.05, 4.69) is 26.2 Å². The molecule has 3 N–H and O–H groups in total. The minimum absolute atomic E-state index is 0.0859. The summed E-state index contributed by atoms with van der Waals surface area (Å²) in [7, 11) is 1.28. The number of nitrogens with two attached hydrogens (primary N) is 1. The molecule has 1 saturated carbocycles. The van der Waals surface area contributed by atoms with Gasteiger partial charge in [0.2, 0.25) is 0 Å². The van der Waals surface area contributed by atoms with E-state index in [-0.39, 0.29) is 29.0 Å². The van der Waals surface area contributed by atoms with E-state index in [1.165, 1.54) is 19.4 Å². The SMILES string of the molecule is COC(=O)c1ccc(Nc2nn([C@H]3CCCC[C@@H]3C#N)cc2C(N)=O)cn1. The number of aromatic nitrogens is 3. The van der Waals surface area contributed by atoms with Crippen molar-refractivity contribution in [1.82, 2.24) is 14.8 Å². The van der Waals surface area contributed by atoms with Crippen LogP contribution in [0.1, 0.15) is 52.6 Å². The quantitative estimate of drug-likeness (QED) is 0.772. The van der Waals surface area contributed by atoms with Gasteiger partial charge in [-0.05, 0) is 25.0 Å². The first kappa shape index (κ1) is 18.4. The average molecular weight is 368 g/mol. The van der Waals surface area contributed by atoms with Crippen LogP contribution in [0.4, 0.5) is 11.5 Å². The Morgan fingerprint density at radius 1 is 1.37 bits per heavy atom. The monoisotopic (exact) mass is 368 g/mol. The maximum Gasteiger partial charge on any atom is 0.356 e. The van der Waals surface area contributed by atoms with Crippen molar-refractivity contribution in [1.29, 1.82) is 5.26 Å². The number of amides is 1. The lowest BCUT2D eigenvalue weighted by atomic mass is 9.85. The lowest BCUT2D eigenvalue weighted by Gasteiger charge is -2.26. The summed E-state index contributed by atoms with van der Waals surface area (Å²) in [5.41, 5.74) is 6.42. The van der Waals surface area contributed by atoms with Gasteiger partial charge < -0.3 is 15.8 Å². The van der Waals surface area contributed by atoms with Crippen molar-refractivity contribution in [3.05, 3.63) is 35.8 Å². The van der Waals surface area contributed by atoms with Crippen molar-refractivity contribution in [2.45, 2.75) is 31.7 Å². The van der Waals surface area contributed by atoms with E-state index in [4.69, 9.17) is 5.73 Å². The number of anilines is 2. The highest BCUT2D eigenvalue weighted by Crippen LogP contribution is 2.34. The molecular formula is C18H20N6O3. The summed E-state index contributed by atoms with van der Waals surface area (Å²) in [5.74, 6) is -1.01. The number of carbonyl (C=O) groups excluding carboxylic acids is 2. The molecule has 140 valence electrons. The third-order valence-electron chi connectivity index (χ3n) is 4.65. The standard InChI is InChI=1S/C18H20N6O3/c1-27-18(26)14-7-6-12(9-21-14)22-17-13(16(20)25)10-24(23-17)15-5-3-2-4-11(15)8-19/h6-7,9-11,15H,2-5H2,1H3,(H2,20,25)(H,22,23)/t11-,15+/m1/s1. The second kappa shape index (κ2) is 7.86. The first-order chi connectivity index (χ1) is 13.0. The third kappa shape index (κ3) is 3.89. The summed E-state index contributed by atoms with van der Waals surface area (Å²) in [6.45, 7) is 0. The number of methoxy groups -OCH3 is 1. The second-order valence-corrected chi connectivity index (χ2v) is 6.37. The number of carbonyl (C=O) groups is 2. The smallest absolute Gasteiger partial charge is 0.356 e. The van der Waals surface area contributed by atoms with E-state index >= 15 is 0 Å². The van der Waals surface area contributed by atoms with Crippen molar-refractivity contribution < 1.29 is 14.3 Å². The van der Waals surface area contributed by atoms with Gasteiger partial charge in [-0.1, -0.05) is 12.8 Å². The number of nitrogens with one attached hydrogen (secondary N) is 1. The zero-order valence-electron chi connectivity index (χ0n) is 14.9. The van der Waals surface area contributed by atoms with Crippen molar-refractivity contribution in [2.75, 3.05) is 12.4 Å². The molecule has 3 rings (SSSR count). The van der Waals surface area contributed by atoms with Crippen LogP contribution in [0.3, 0.4) is 0 Å². The number of esters is 1. The predicted octanol–water partition coefficient (Wildman–Crippen LogP) is 2.16. The minimum atomic E-state index is -0.618. The third-order valence-corrected chi connectivity index (χ3v) is 4.65. The highest BCUT2D eigenvalue weighted by Gasteiger charge is 2.28. The molecule has 1 amide bonds. The van der Waals surface area contributed by atoms with E-state index < -0.39 is 11.9 Å². The van der Waals surface area contributed by atoms with Gasteiger partial charge in [-0.3, -0.25) is 9.48 Å². The summed E-state index contributed by atoms with van der Waals surface area (Å²) in [6.07, 6.45) is 6.69. The molecule has 0 aromatic carbocycles. The second-order valence-electron chi connectivity index (χ2n) is 6.37. The van der Waals surface area contributed by atoms with Crippen molar-refractivity contribution >= 4 is 23.4 Å². The lowest BCUT2D eigenvalue weighted by Crippen LogP contribution is -2.22. The summed E-state index contributed by atoms with van der Waals surface area (Å²) in [4.78, 5) is 27.3. The van der Waals surface area contributed by atoms with Crippen LogP contribution in [0.5, 0.6) is 0 Å². The van der Waals surface area contributed by atoms with Gasteiger partial charge in [0.15, 0.2) is 5.82 Å². The van der Waals surface area contributed by atoms with E-state index in [0.29, 0.717) is 5.69 Å². The molecule has 9 heteroatoms. The minimum Gasteiger partial charge on any atom is -0.464 e. The fourth-order valence-electron chi connectivity index (χ4n) is 3.24. The summed E-state index contributed by atoms with van der Waals surface area (Å²) >= 11 is 0. The summed E-state index contributed by atoms with van der Waals surface area (Å²) in [6, 6.07) is 5.37. The van der Waals surface area contributed by atoms with Crippen LogP contribution in [-0.4, -0.2) is 33.8 Å². The molecule has 2 aromatic heterocycles. The van der Waals surface area contributed by atoms with Gasteiger partial charge in [0.1, 0.15) is 11.3 Å². The van der Waals surface area contributed by atoms with Crippen LogP contribution in [-0.2, 0) is 4.74 Å². The summed E-state index contributed by atoms with van der Waals surface area (Å²) in [5, 5.41) is 16.8. The zero-order chi connectivity index (χ0) is 19.4. The maximum atomic E-state index is 11.8. The molecule has 0 spiro atoms. The van der Waals surface area contributed by atoms with Gasteiger partial charge >= 0.3 is 5.97 Å². The van der Waals surface area contributed by atoms with Gasteiger partial charge in [-0.15, -0.1) is 0 Å². The van der Waals surface area contributed by atoms with Crippen LogP contribution in [0.25, 0.3) is 0 Å². The van der Waals surface area contributed by atoms with Gasteiger partial charge in [-0.2, -0.15) is 10.4 Å². The predicted molar refractivity (Wildman–Crippen MR) is 96.2 cm³/mol. The number of nitriles is 1. The Balaban J connectivity index is 1.86. The Labute approximate surface area is 156 Å². The molecule has 2 atom stereocenters. The molecule has 2 heterocycles. The highest BCUT2D eigenvalue weighted by molar-refractivity contribution is 5.98. The van der Waals surface area contributed by atoms with Crippen LogP contribution in [0.15, 0.2) is 24.5 Å². The molecule has 1 aliphatic rings. The first-order valence-corrected chi connectivity index (χ1v) is 8.63. The van der Waals surface area contributed by atoms with Crippen molar-refractivity contribution in [2.24, 2.45) is 11.7 Å². The van der Waals surface area contributed by atoms with Gasteiger partial charge in [-0.25, -0.2) is 9.78 Å². The first-order valence-electron chi connectivity index (χ1n) is 8.63. The molecule has 1 fully saturated rings. The van der Waals surface area contributed by atoms with E-state index in [0.717, 1.165) is 25.7 Å². The highest BCUT2D eigenvalue weighted by atomic mass is 16.5. The number of nitrogens with zero attached hydrogens (tertiary/aromatic N) is 4. The van der Waals surface area contributed by atoms with Crippen LogP contribution < -0.4 is 11.1 Å². The zero-order valence-corrected chi connectivity index (χ0v) is 14.9. The molecule has 27 heavy (non-hydrogen) atoms. The molecule has 1 aliphatic carbocycles. The molecule has 2 aromatic rings. The van der Waals surface area contributed by atoms with E-state index in [1.807, 2.05) is 0 Å². The number of primary amides is 1.